The summed E-state index contributed by atoms with van der Waals surface area (Å²) >= 11 is 1.76. The third-order valence-electron chi connectivity index (χ3n) is 3.35. The fourth-order valence-electron chi connectivity index (χ4n) is 2.15. The number of nitrogens with zero attached hydrogens (tertiary/aromatic N) is 1. The first kappa shape index (κ1) is 15.8. The van der Waals surface area contributed by atoms with E-state index in [0.717, 1.165) is 18.2 Å². The Hall–Kier alpha value is -0.630. The molecule has 112 valence electrons. The zero-order valence-electron chi connectivity index (χ0n) is 11.3. The lowest BCUT2D eigenvalue weighted by Crippen LogP contribution is -2.41. The largest absolute Gasteiger partial charge is 0.392 e. The molecule has 0 bridgehead atoms. The van der Waals surface area contributed by atoms with Crippen LogP contribution in [0.25, 0.3) is 0 Å². The van der Waals surface area contributed by atoms with Gasteiger partial charge in [-0.25, -0.2) is 12.8 Å². The van der Waals surface area contributed by atoms with E-state index in [0.29, 0.717) is 18.7 Å². The Morgan fingerprint density at radius 2 is 2.25 bits per heavy atom. The number of thioether (sulfide) groups is 1. The van der Waals surface area contributed by atoms with Gasteiger partial charge in [-0.15, -0.1) is 0 Å². The summed E-state index contributed by atoms with van der Waals surface area (Å²) in [5.41, 5.74) is 0.363. The first-order valence-electron chi connectivity index (χ1n) is 6.50. The molecule has 1 aliphatic rings. The van der Waals surface area contributed by atoms with Crippen LogP contribution in [0.5, 0.6) is 0 Å². The smallest absolute Gasteiger partial charge is 0.246 e. The van der Waals surface area contributed by atoms with Crippen molar-refractivity contribution in [3.8, 4) is 0 Å². The summed E-state index contributed by atoms with van der Waals surface area (Å²) in [4.78, 5) is -0.309. The average Bonchev–Trinajstić information content (AvgIpc) is 2.46. The van der Waals surface area contributed by atoms with Gasteiger partial charge >= 0.3 is 0 Å². The Morgan fingerprint density at radius 3 is 2.85 bits per heavy atom. The quantitative estimate of drug-likeness (QED) is 0.920. The van der Waals surface area contributed by atoms with Crippen molar-refractivity contribution in [3.05, 3.63) is 29.6 Å². The van der Waals surface area contributed by atoms with Gasteiger partial charge < -0.3 is 5.11 Å². The summed E-state index contributed by atoms with van der Waals surface area (Å²) in [7, 11) is -3.80. The zero-order chi connectivity index (χ0) is 14.8. The molecule has 0 amide bonds. The van der Waals surface area contributed by atoms with Crippen LogP contribution in [0.4, 0.5) is 4.39 Å². The van der Waals surface area contributed by atoms with Crippen molar-refractivity contribution in [1.82, 2.24) is 4.31 Å². The summed E-state index contributed by atoms with van der Waals surface area (Å²) in [5, 5.41) is 9.20. The summed E-state index contributed by atoms with van der Waals surface area (Å²) in [6.07, 6.45) is 0.891. The Balaban J connectivity index is 2.30. The standard InChI is InChI=1S/C13H18FNO3S2/c1-2-11-8-15(5-6-19-11)20(17,18)13-4-3-10(9-16)7-12(13)14/h3-4,7,11,16H,2,5-6,8-9H2,1H3. The van der Waals surface area contributed by atoms with Crippen molar-refractivity contribution in [3.63, 3.8) is 0 Å². The van der Waals surface area contributed by atoms with E-state index in [-0.39, 0.29) is 16.8 Å². The SMILES string of the molecule is CCC1CN(S(=O)(=O)c2ccc(CO)cc2F)CCS1. The van der Waals surface area contributed by atoms with Crippen molar-refractivity contribution in [2.75, 3.05) is 18.8 Å². The monoisotopic (exact) mass is 319 g/mol. The molecular formula is C13H18FNO3S2. The Kier molecular flexibility index (Phi) is 5.06. The Morgan fingerprint density at radius 1 is 1.50 bits per heavy atom. The van der Waals surface area contributed by atoms with E-state index in [1.54, 1.807) is 11.8 Å². The van der Waals surface area contributed by atoms with E-state index in [9.17, 15) is 12.8 Å². The van der Waals surface area contributed by atoms with E-state index >= 15 is 0 Å². The fourth-order valence-corrected chi connectivity index (χ4v) is 5.07. The van der Waals surface area contributed by atoms with Crippen LogP contribution in [0, 0.1) is 5.82 Å². The van der Waals surface area contributed by atoms with E-state index < -0.39 is 15.8 Å². The second-order valence-electron chi connectivity index (χ2n) is 4.69. The molecule has 0 aliphatic carbocycles. The number of rotatable bonds is 4. The molecule has 7 heteroatoms. The lowest BCUT2D eigenvalue weighted by Gasteiger charge is -2.31. The number of benzene rings is 1. The van der Waals surface area contributed by atoms with Gasteiger partial charge in [-0.1, -0.05) is 13.0 Å². The van der Waals surface area contributed by atoms with Crippen molar-refractivity contribution in [2.24, 2.45) is 0 Å². The minimum absolute atomic E-state index is 0.262. The van der Waals surface area contributed by atoms with E-state index in [1.807, 2.05) is 6.92 Å². The van der Waals surface area contributed by atoms with Gasteiger partial charge in [0.25, 0.3) is 0 Å². The molecule has 0 saturated carbocycles. The second kappa shape index (κ2) is 6.43. The highest BCUT2D eigenvalue weighted by atomic mass is 32.2. The summed E-state index contributed by atoms with van der Waals surface area (Å²) < 4.78 is 40.3. The van der Waals surface area contributed by atoms with E-state index in [2.05, 4.69) is 0 Å². The zero-order valence-corrected chi connectivity index (χ0v) is 12.9. The lowest BCUT2D eigenvalue weighted by atomic mass is 10.2. The fraction of sp³-hybridized carbons (Fsp3) is 0.538. The first-order chi connectivity index (χ1) is 9.48. The van der Waals surface area contributed by atoms with Gasteiger partial charge in [0, 0.05) is 24.1 Å². The van der Waals surface area contributed by atoms with Gasteiger partial charge in [0.05, 0.1) is 6.61 Å². The Bertz CT molecular complexity index is 577. The van der Waals surface area contributed by atoms with Crippen LogP contribution in [-0.4, -0.2) is 41.9 Å². The molecule has 1 aromatic rings. The van der Waals surface area contributed by atoms with Gasteiger partial charge in [0.2, 0.25) is 10.0 Å². The van der Waals surface area contributed by atoms with E-state index in [1.165, 1.54) is 16.4 Å². The maximum atomic E-state index is 13.9. The maximum absolute atomic E-state index is 13.9. The predicted octanol–water partition coefficient (Wildman–Crippen LogP) is 1.83. The third-order valence-corrected chi connectivity index (χ3v) is 6.62. The molecular weight excluding hydrogens is 301 g/mol. The molecule has 1 aliphatic heterocycles. The molecule has 1 N–H and O–H groups in total. The molecule has 1 heterocycles. The normalized spacial score (nSPS) is 21.1. The lowest BCUT2D eigenvalue weighted by molar-refractivity contribution is 0.281. The second-order valence-corrected chi connectivity index (χ2v) is 8.00. The van der Waals surface area contributed by atoms with E-state index in [4.69, 9.17) is 5.11 Å². The van der Waals surface area contributed by atoms with Crippen LogP contribution in [-0.2, 0) is 16.6 Å². The first-order valence-corrected chi connectivity index (χ1v) is 8.99. The number of sulfonamides is 1. The summed E-state index contributed by atoms with van der Waals surface area (Å²) in [5.74, 6) is -0.0727. The third kappa shape index (κ3) is 3.16. The highest BCUT2D eigenvalue weighted by molar-refractivity contribution is 8.00. The Labute approximate surface area is 123 Å². The molecule has 4 nitrogen and oxygen atoms in total. The minimum Gasteiger partial charge on any atom is -0.392 e. The number of halogens is 1. The van der Waals surface area contributed by atoms with Crippen LogP contribution in [0.15, 0.2) is 23.1 Å². The molecule has 0 aromatic heterocycles. The molecule has 1 fully saturated rings. The average molecular weight is 319 g/mol. The van der Waals surface area contributed by atoms with Crippen molar-refractivity contribution in [1.29, 1.82) is 0 Å². The van der Waals surface area contributed by atoms with Gasteiger partial charge in [-0.3, -0.25) is 0 Å². The van der Waals surface area contributed by atoms with Crippen molar-refractivity contribution >= 4 is 21.8 Å². The molecule has 0 spiro atoms. The van der Waals surface area contributed by atoms with Crippen LogP contribution in [0.2, 0.25) is 0 Å². The van der Waals surface area contributed by atoms with Gasteiger partial charge in [0.1, 0.15) is 10.7 Å². The molecule has 2 rings (SSSR count). The highest BCUT2D eigenvalue weighted by Crippen LogP contribution is 2.27. The van der Waals surface area contributed by atoms with Crippen LogP contribution in [0.1, 0.15) is 18.9 Å². The maximum Gasteiger partial charge on any atom is 0.246 e. The van der Waals surface area contributed by atoms with Gasteiger partial charge in [-0.2, -0.15) is 16.1 Å². The summed E-state index contributed by atoms with van der Waals surface area (Å²) in [6, 6.07) is 3.74. The number of hydrogen-bond donors (Lipinski definition) is 1. The molecule has 1 aromatic carbocycles. The van der Waals surface area contributed by atoms with Crippen molar-refractivity contribution < 1.29 is 17.9 Å². The molecule has 1 atom stereocenters. The van der Waals surface area contributed by atoms with Crippen LogP contribution in [0.3, 0.4) is 0 Å². The molecule has 20 heavy (non-hydrogen) atoms. The number of aliphatic hydroxyl groups excluding tert-OH is 1. The molecule has 0 radical (unpaired) electrons. The predicted molar refractivity (Wildman–Crippen MR) is 77.6 cm³/mol. The molecule has 1 saturated heterocycles. The minimum atomic E-state index is -3.80. The number of aliphatic hydroxyl groups is 1. The summed E-state index contributed by atoms with van der Waals surface area (Å²) in [6.45, 7) is 2.54. The molecule has 1 unspecified atom stereocenters. The topological polar surface area (TPSA) is 57.6 Å². The number of hydrogen-bond acceptors (Lipinski definition) is 4. The highest BCUT2D eigenvalue weighted by Gasteiger charge is 2.31. The van der Waals surface area contributed by atoms with Gasteiger partial charge in [-0.05, 0) is 24.1 Å². The van der Waals surface area contributed by atoms with Crippen LogP contribution < -0.4 is 0 Å². The van der Waals surface area contributed by atoms with Gasteiger partial charge in [0.15, 0.2) is 0 Å². The van der Waals surface area contributed by atoms with Crippen LogP contribution >= 0.6 is 11.8 Å². The van der Waals surface area contributed by atoms with Crippen molar-refractivity contribution in [2.45, 2.75) is 30.1 Å².